The summed E-state index contributed by atoms with van der Waals surface area (Å²) in [5, 5.41) is 2.80. The van der Waals surface area contributed by atoms with Crippen molar-refractivity contribution in [2.24, 2.45) is 5.92 Å². The van der Waals surface area contributed by atoms with Crippen LogP contribution < -0.4 is 11.1 Å². The molecule has 1 aliphatic carbocycles. The van der Waals surface area contributed by atoms with Gasteiger partial charge < -0.3 is 11.1 Å². The molecule has 3 nitrogen and oxygen atoms in total. The number of alkyl halides is 3. The lowest BCUT2D eigenvalue weighted by Gasteiger charge is -2.27. The normalized spacial score (nSPS) is 22.9. The second kappa shape index (κ2) is 5.95. The third kappa shape index (κ3) is 3.68. The molecule has 1 saturated carbocycles. The lowest BCUT2D eigenvalue weighted by molar-refractivity contribution is -0.136. The smallest absolute Gasteiger partial charge is 0.398 e. The maximum Gasteiger partial charge on any atom is 0.418 e. The van der Waals surface area contributed by atoms with E-state index < -0.39 is 23.3 Å². The molecule has 0 saturated heterocycles. The Hall–Kier alpha value is -1.72. The zero-order valence-corrected chi connectivity index (χ0v) is 11.8. The highest BCUT2D eigenvalue weighted by Crippen LogP contribution is 2.35. The molecule has 1 aliphatic rings. The number of nitrogens with two attached hydrogens (primary N) is 1. The third-order valence-corrected chi connectivity index (χ3v) is 3.93. The van der Waals surface area contributed by atoms with Crippen LogP contribution in [0, 0.1) is 5.92 Å². The van der Waals surface area contributed by atoms with Crippen molar-refractivity contribution in [3.63, 3.8) is 0 Å². The van der Waals surface area contributed by atoms with Crippen LogP contribution in [0.25, 0.3) is 0 Å². The summed E-state index contributed by atoms with van der Waals surface area (Å²) in [7, 11) is 0. The van der Waals surface area contributed by atoms with E-state index in [4.69, 9.17) is 5.73 Å². The number of carbonyl (C=O) groups is 1. The van der Waals surface area contributed by atoms with E-state index in [1.807, 2.05) is 0 Å². The first-order valence-corrected chi connectivity index (χ1v) is 7.05. The Bertz CT molecular complexity index is 528. The number of hydrogen-bond donors (Lipinski definition) is 2. The molecular weight excluding hydrogens is 281 g/mol. The molecule has 1 fully saturated rings. The SMILES string of the molecule is CC1CCCC(NC(=O)c2cccc(C(F)(F)F)c2N)C1. The number of carbonyl (C=O) groups excluding carboxylic acids is 1. The first kappa shape index (κ1) is 15.7. The Morgan fingerprint density at radius 1 is 1.33 bits per heavy atom. The van der Waals surface area contributed by atoms with Gasteiger partial charge in [0.15, 0.2) is 0 Å². The minimum atomic E-state index is -4.56. The van der Waals surface area contributed by atoms with Crippen LogP contribution in [0.5, 0.6) is 0 Å². The van der Waals surface area contributed by atoms with Crippen molar-refractivity contribution in [2.45, 2.75) is 44.8 Å². The standard InChI is InChI=1S/C15H19F3N2O/c1-9-4-2-5-10(8-9)20-14(21)11-6-3-7-12(13(11)19)15(16,17)18/h3,6-7,9-10H,2,4-5,8,19H2,1H3,(H,20,21). The van der Waals surface area contributed by atoms with E-state index in [-0.39, 0.29) is 11.6 Å². The summed E-state index contributed by atoms with van der Waals surface area (Å²) in [5.74, 6) is -0.0133. The van der Waals surface area contributed by atoms with E-state index in [0.717, 1.165) is 31.7 Å². The van der Waals surface area contributed by atoms with Gasteiger partial charge in [-0.3, -0.25) is 4.79 Å². The van der Waals surface area contributed by atoms with Crippen molar-refractivity contribution >= 4 is 11.6 Å². The summed E-state index contributed by atoms with van der Waals surface area (Å²) in [6.07, 6.45) is -0.707. The maximum atomic E-state index is 12.8. The van der Waals surface area contributed by atoms with Crippen LogP contribution >= 0.6 is 0 Å². The molecule has 116 valence electrons. The van der Waals surface area contributed by atoms with Crippen molar-refractivity contribution in [3.8, 4) is 0 Å². The van der Waals surface area contributed by atoms with Gasteiger partial charge in [-0.2, -0.15) is 13.2 Å². The summed E-state index contributed by atoms with van der Waals surface area (Å²) in [4.78, 5) is 12.2. The first-order chi connectivity index (χ1) is 9.79. The number of hydrogen-bond acceptors (Lipinski definition) is 2. The Morgan fingerprint density at radius 3 is 2.67 bits per heavy atom. The summed E-state index contributed by atoms with van der Waals surface area (Å²) in [5.41, 5.74) is 3.94. The predicted molar refractivity (Wildman–Crippen MR) is 74.7 cm³/mol. The van der Waals surface area contributed by atoms with Gasteiger partial charge in [0.25, 0.3) is 5.91 Å². The number of para-hydroxylation sites is 1. The van der Waals surface area contributed by atoms with E-state index in [2.05, 4.69) is 12.2 Å². The van der Waals surface area contributed by atoms with Crippen LogP contribution in [-0.2, 0) is 6.18 Å². The third-order valence-electron chi connectivity index (χ3n) is 3.93. The van der Waals surface area contributed by atoms with Crippen LogP contribution in [-0.4, -0.2) is 11.9 Å². The molecule has 2 unspecified atom stereocenters. The van der Waals surface area contributed by atoms with Crippen LogP contribution in [0.3, 0.4) is 0 Å². The molecule has 1 aromatic carbocycles. The molecule has 2 atom stereocenters. The van der Waals surface area contributed by atoms with Crippen molar-refractivity contribution in [3.05, 3.63) is 29.3 Å². The molecule has 1 amide bonds. The number of nitrogens with one attached hydrogen (secondary N) is 1. The van der Waals surface area contributed by atoms with E-state index in [1.54, 1.807) is 0 Å². The van der Waals surface area contributed by atoms with Crippen LogP contribution in [0.15, 0.2) is 18.2 Å². The van der Waals surface area contributed by atoms with Crippen molar-refractivity contribution in [2.75, 3.05) is 5.73 Å². The Labute approximate surface area is 121 Å². The van der Waals surface area contributed by atoms with E-state index in [1.165, 1.54) is 12.1 Å². The highest BCUT2D eigenvalue weighted by atomic mass is 19.4. The monoisotopic (exact) mass is 300 g/mol. The Balaban J connectivity index is 2.16. The lowest BCUT2D eigenvalue weighted by Crippen LogP contribution is -2.38. The molecule has 0 aromatic heterocycles. The largest absolute Gasteiger partial charge is 0.418 e. The molecule has 0 spiro atoms. The van der Waals surface area contributed by atoms with E-state index >= 15 is 0 Å². The van der Waals surface area contributed by atoms with Gasteiger partial charge in [0.2, 0.25) is 0 Å². The minimum Gasteiger partial charge on any atom is -0.398 e. The van der Waals surface area contributed by atoms with Gasteiger partial charge >= 0.3 is 6.18 Å². The van der Waals surface area contributed by atoms with Crippen molar-refractivity contribution in [1.29, 1.82) is 0 Å². The van der Waals surface area contributed by atoms with Crippen LogP contribution in [0.4, 0.5) is 18.9 Å². The average molecular weight is 300 g/mol. The van der Waals surface area contributed by atoms with Crippen LogP contribution in [0.2, 0.25) is 0 Å². The Kier molecular flexibility index (Phi) is 4.44. The molecule has 6 heteroatoms. The second-order valence-corrected chi connectivity index (χ2v) is 5.71. The fourth-order valence-electron chi connectivity index (χ4n) is 2.84. The second-order valence-electron chi connectivity index (χ2n) is 5.71. The van der Waals surface area contributed by atoms with Gasteiger partial charge in [-0.05, 0) is 30.9 Å². The summed E-state index contributed by atoms with van der Waals surface area (Å²) < 4.78 is 38.4. The van der Waals surface area contributed by atoms with Crippen LogP contribution in [0.1, 0.15) is 48.5 Å². The topological polar surface area (TPSA) is 55.1 Å². The minimum absolute atomic E-state index is 0.00944. The number of amides is 1. The number of rotatable bonds is 2. The molecule has 0 radical (unpaired) electrons. The highest BCUT2D eigenvalue weighted by Gasteiger charge is 2.34. The quantitative estimate of drug-likeness (QED) is 0.820. The number of anilines is 1. The zero-order valence-electron chi connectivity index (χ0n) is 11.8. The zero-order chi connectivity index (χ0) is 15.6. The molecular formula is C15H19F3N2O. The summed E-state index contributed by atoms with van der Waals surface area (Å²) >= 11 is 0. The van der Waals surface area contributed by atoms with E-state index in [9.17, 15) is 18.0 Å². The number of nitrogen functional groups attached to an aromatic ring is 1. The van der Waals surface area contributed by atoms with Gasteiger partial charge in [-0.15, -0.1) is 0 Å². The molecule has 0 bridgehead atoms. The van der Waals surface area contributed by atoms with Crippen molar-refractivity contribution in [1.82, 2.24) is 5.32 Å². The highest BCUT2D eigenvalue weighted by molar-refractivity contribution is 6.00. The molecule has 3 N–H and O–H groups in total. The molecule has 0 aliphatic heterocycles. The number of benzene rings is 1. The van der Waals surface area contributed by atoms with Gasteiger partial charge in [-0.25, -0.2) is 0 Å². The Morgan fingerprint density at radius 2 is 2.05 bits per heavy atom. The molecule has 21 heavy (non-hydrogen) atoms. The number of halogens is 3. The van der Waals surface area contributed by atoms with Gasteiger partial charge in [0.05, 0.1) is 16.8 Å². The molecule has 0 heterocycles. The molecule has 1 aromatic rings. The van der Waals surface area contributed by atoms with Gasteiger partial charge in [0.1, 0.15) is 0 Å². The first-order valence-electron chi connectivity index (χ1n) is 7.05. The lowest BCUT2D eigenvalue weighted by atomic mass is 9.87. The molecule has 2 rings (SSSR count). The van der Waals surface area contributed by atoms with Gasteiger partial charge in [-0.1, -0.05) is 25.8 Å². The predicted octanol–water partition coefficient (Wildman–Crippen LogP) is 3.60. The van der Waals surface area contributed by atoms with Gasteiger partial charge in [0, 0.05) is 6.04 Å². The summed E-state index contributed by atoms with van der Waals surface area (Å²) in [6.45, 7) is 2.11. The maximum absolute atomic E-state index is 12.8. The van der Waals surface area contributed by atoms with Crippen molar-refractivity contribution < 1.29 is 18.0 Å². The van der Waals surface area contributed by atoms with E-state index in [0.29, 0.717) is 5.92 Å². The summed E-state index contributed by atoms with van der Waals surface area (Å²) in [6, 6.07) is 3.42. The fraction of sp³-hybridized carbons (Fsp3) is 0.533. The average Bonchev–Trinajstić information content (AvgIpc) is 2.37. The fourth-order valence-corrected chi connectivity index (χ4v) is 2.84.